The van der Waals surface area contributed by atoms with Crippen LogP contribution in [0.5, 0.6) is 0 Å². The standard InChI is InChI=1S/C12H12ClNO2/c1-2-9(14)12(15)8-3-4-10-7(11(8)13)5-6-16-10/h3-6,9H,2,14H2,1H3. The minimum Gasteiger partial charge on any atom is -0.464 e. The molecule has 1 unspecified atom stereocenters. The average Bonchev–Trinajstić information content (AvgIpc) is 2.76. The zero-order chi connectivity index (χ0) is 11.7. The van der Waals surface area contributed by atoms with E-state index in [1.54, 1.807) is 24.5 Å². The van der Waals surface area contributed by atoms with Crippen molar-refractivity contribution in [2.75, 3.05) is 0 Å². The molecule has 0 saturated heterocycles. The molecule has 0 spiro atoms. The second-order valence-electron chi connectivity index (χ2n) is 3.64. The smallest absolute Gasteiger partial charge is 0.181 e. The largest absolute Gasteiger partial charge is 0.464 e. The van der Waals surface area contributed by atoms with Gasteiger partial charge in [0, 0.05) is 10.9 Å². The van der Waals surface area contributed by atoms with Crippen LogP contribution in [0.25, 0.3) is 11.0 Å². The zero-order valence-corrected chi connectivity index (χ0v) is 9.62. The highest BCUT2D eigenvalue weighted by Crippen LogP contribution is 2.28. The number of benzene rings is 1. The minimum atomic E-state index is -0.498. The van der Waals surface area contributed by atoms with Crippen LogP contribution in [0.15, 0.2) is 28.9 Å². The lowest BCUT2D eigenvalue weighted by molar-refractivity contribution is 0.0959. The summed E-state index contributed by atoms with van der Waals surface area (Å²) in [5.74, 6) is -0.129. The van der Waals surface area contributed by atoms with E-state index in [-0.39, 0.29) is 5.78 Å². The van der Waals surface area contributed by atoms with Crippen LogP contribution in [-0.2, 0) is 0 Å². The van der Waals surface area contributed by atoms with Gasteiger partial charge in [-0.15, -0.1) is 0 Å². The highest BCUT2D eigenvalue weighted by atomic mass is 35.5. The Morgan fingerprint density at radius 3 is 2.94 bits per heavy atom. The summed E-state index contributed by atoms with van der Waals surface area (Å²) in [6, 6.07) is 4.64. The first-order valence-electron chi connectivity index (χ1n) is 5.10. The van der Waals surface area contributed by atoms with E-state index < -0.39 is 6.04 Å². The van der Waals surface area contributed by atoms with Crippen molar-refractivity contribution in [2.24, 2.45) is 5.73 Å². The number of nitrogens with two attached hydrogens (primary N) is 1. The number of ketones is 1. The van der Waals surface area contributed by atoms with Gasteiger partial charge in [0.15, 0.2) is 5.78 Å². The number of hydrogen-bond donors (Lipinski definition) is 1. The first-order valence-corrected chi connectivity index (χ1v) is 5.48. The molecular formula is C12H12ClNO2. The maximum atomic E-state index is 11.9. The third-order valence-corrected chi connectivity index (χ3v) is 3.02. The number of Topliss-reactive ketones (excluding diaryl/α,β-unsaturated/α-hetero) is 1. The van der Waals surface area contributed by atoms with Gasteiger partial charge in [-0.3, -0.25) is 4.79 Å². The monoisotopic (exact) mass is 237 g/mol. The molecule has 2 rings (SSSR count). The molecule has 3 nitrogen and oxygen atoms in total. The Morgan fingerprint density at radius 1 is 1.50 bits per heavy atom. The Bertz CT molecular complexity index is 533. The van der Waals surface area contributed by atoms with Crippen molar-refractivity contribution in [3.05, 3.63) is 35.0 Å². The minimum absolute atomic E-state index is 0.129. The van der Waals surface area contributed by atoms with Crippen LogP contribution in [0.1, 0.15) is 23.7 Å². The molecule has 0 radical (unpaired) electrons. The van der Waals surface area contributed by atoms with E-state index in [2.05, 4.69) is 0 Å². The lowest BCUT2D eigenvalue weighted by atomic mass is 10.0. The van der Waals surface area contributed by atoms with E-state index in [0.29, 0.717) is 22.6 Å². The number of furan rings is 1. The number of fused-ring (bicyclic) bond motifs is 1. The molecule has 0 fully saturated rings. The number of halogens is 1. The molecule has 4 heteroatoms. The van der Waals surface area contributed by atoms with E-state index in [4.69, 9.17) is 21.8 Å². The Labute approximate surface area is 98.2 Å². The van der Waals surface area contributed by atoms with Gasteiger partial charge >= 0.3 is 0 Å². The Balaban J connectivity index is 2.52. The molecular weight excluding hydrogens is 226 g/mol. The van der Waals surface area contributed by atoms with E-state index in [1.165, 1.54) is 0 Å². The van der Waals surface area contributed by atoms with Crippen LogP contribution in [0, 0.1) is 0 Å². The Morgan fingerprint density at radius 2 is 2.25 bits per heavy atom. The predicted octanol–water partition coefficient (Wildman–Crippen LogP) is 3.01. The SMILES string of the molecule is CCC(N)C(=O)c1ccc2occc2c1Cl. The molecule has 1 aromatic heterocycles. The van der Waals surface area contributed by atoms with Crippen molar-refractivity contribution in [1.82, 2.24) is 0 Å². The highest BCUT2D eigenvalue weighted by molar-refractivity contribution is 6.38. The molecule has 1 aromatic carbocycles. The van der Waals surface area contributed by atoms with Crippen molar-refractivity contribution in [1.29, 1.82) is 0 Å². The second kappa shape index (κ2) is 4.28. The molecule has 2 aromatic rings. The molecule has 0 aliphatic heterocycles. The average molecular weight is 238 g/mol. The Hall–Kier alpha value is -1.32. The summed E-state index contributed by atoms with van der Waals surface area (Å²) in [5.41, 5.74) is 6.84. The number of carbonyl (C=O) groups excluding carboxylic acids is 1. The van der Waals surface area contributed by atoms with Gasteiger partial charge in [-0.2, -0.15) is 0 Å². The van der Waals surface area contributed by atoms with Gasteiger partial charge in [0.05, 0.1) is 17.3 Å². The summed E-state index contributed by atoms with van der Waals surface area (Å²) in [7, 11) is 0. The zero-order valence-electron chi connectivity index (χ0n) is 8.87. The van der Waals surface area contributed by atoms with Gasteiger partial charge in [-0.25, -0.2) is 0 Å². The van der Waals surface area contributed by atoms with Gasteiger partial charge < -0.3 is 10.2 Å². The van der Waals surface area contributed by atoms with Gasteiger partial charge in [-0.05, 0) is 24.6 Å². The molecule has 0 aliphatic carbocycles. The summed E-state index contributed by atoms with van der Waals surface area (Å²) < 4.78 is 5.19. The molecule has 2 N–H and O–H groups in total. The van der Waals surface area contributed by atoms with Gasteiger partial charge in [0.25, 0.3) is 0 Å². The second-order valence-corrected chi connectivity index (χ2v) is 4.02. The molecule has 0 bridgehead atoms. The molecule has 0 amide bonds. The van der Waals surface area contributed by atoms with Crippen molar-refractivity contribution >= 4 is 28.4 Å². The number of carbonyl (C=O) groups is 1. The van der Waals surface area contributed by atoms with Crippen LogP contribution in [0.4, 0.5) is 0 Å². The quantitative estimate of drug-likeness (QED) is 0.835. The fraction of sp³-hybridized carbons (Fsp3) is 0.250. The highest BCUT2D eigenvalue weighted by Gasteiger charge is 2.18. The van der Waals surface area contributed by atoms with Crippen LogP contribution in [0.2, 0.25) is 5.02 Å². The summed E-state index contributed by atoms with van der Waals surface area (Å²) >= 11 is 6.14. The van der Waals surface area contributed by atoms with Crippen molar-refractivity contribution in [3.63, 3.8) is 0 Å². The molecule has 1 atom stereocenters. The van der Waals surface area contributed by atoms with Gasteiger partial charge in [0.2, 0.25) is 0 Å². The molecule has 84 valence electrons. The normalized spacial score (nSPS) is 12.9. The first kappa shape index (κ1) is 11.2. The number of hydrogen-bond acceptors (Lipinski definition) is 3. The summed E-state index contributed by atoms with van der Waals surface area (Å²) in [5, 5.41) is 1.16. The molecule has 16 heavy (non-hydrogen) atoms. The lowest BCUT2D eigenvalue weighted by Crippen LogP contribution is -2.29. The van der Waals surface area contributed by atoms with Crippen molar-refractivity contribution in [2.45, 2.75) is 19.4 Å². The number of rotatable bonds is 3. The maximum absolute atomic E-state index is 11.9. The Kier molecular flexibility index (Phi) is 2.99. The summed E-state index contributed by atoms with van der Waals surface area (Å²) in [4.78, 5) is 11.9. The fourth-order valence-electron chi connectivity index (χ4n) is 1.58. The molecule has 0 aliphatic rings. The van der Waals surface area contributed by atoms with Crippen LogP contribution >= 0.6 is 11.6 Å². The third-order valence-electron chi connectivity index (χ3n) is 2.61. The summed E-state index contributed by atoms with van der Waals surface area (Å²) in [6.07, 6.45) is 2.14. The lowest BCUT2D eigenvalue weighted by Gasteiger charge is -2.09. The van der Waals surface area contributed by atoms with Crippen molar-refractivity contribution < 1.29 is 9.21 Å². The van der Waals surface area contributed by atoms with Crippen LogP contribution in [-0.4, -0.2) is 11.8 Å². The van der Waals surface area contributed by atoms with E-state index in [0.717, 1.165) is 5.39 Å². The summed E-state index contributed by atoms with van der Waals surface area (Å²) in [6.45, 7) is 1.87. The van der Waals surface area contributed by atoms with Crippen LogP contribution in [0.3, 0.4) is 0 Å². The van der Waals surface area contributed by atoms with Gasteiger partial charge in [-0.1, -0.05) is 18.5 Å². The topological polar surface area (TPSA) is 56.2 Å². The fourth-order valence-corrected chi connectivity index (χ4v) is 1.90. The van der Waals surface area contributed by atoms with Gasteiger partial charge in [0.1, 0.15) is 5.58 Å². The van der Waals surface area contributed by atoms with E-state index in [1.807, 2.05) is 6.92 Å². The third kappa shape index (κ3) is 1.72. The molecule has 0 saturated carbocycles. The van der Waals surface area contributed by atoms with Crippen molar-refractivity contribution in [3.8, 4) is 0 Å². The first-order chi connectivity index (χ1) is 7.65. The maximum Gasteiger partial charge on any atom is 0.181 e. The van der Waals surface area contributed by atoms with E-state index in [9.17, 15) is 4.79 Å². The van der Waals surface area contributed by atoms with E-state index >= 15 is 0 Å². The predicted molar refractivity (Wildman–Crippen MR) is 63.8 cm³/mol. The molecule has 1 heterocycles. The van der Waals surface area contributed by atoms with Crippen LogP contribution < -0.4 is 5.73 Å².